The van der Waals surface area contributed by atoms with Crippen LogP contribution in [0.15, 0.2) is 101 Å². The molecule has 8 nitrogen and oxygen atoms in total. The van der Waals surface area contributed by atoms with Crippen molar-refractivity contribution in [3.05, 3.63) is 112 Å². The van der Waals surface area contributed by atoms with Crippen molar-refractivity contribution in [1.82, 2.24) is 10.4 Å². The number of hydrogen-bond donors (Lipinski definition) is 2. The summed E-state index contributed by atoms with van der Waals surface area (Å²) in [4.78, 5) is 29.2. The lowest BCUT2D eigenvalue weighted by Gasteiger charge is -2.11. The van der Waals surface area contributed by atoms with Crippen LogP contribution in [0, 0.1) is 0 Å². The van der Waals surface area contributed by atoms with Crippen LogP contribution in [0.3, 0.4) is 0 Å². The minimum Gasteiger partial charge on any atom is -0.497 e. The van der Waals surface area contributed by atoms with Crippen molar-refractivity contribution in [3.8, 4) is 28.4 Å². The molecule has 0 fully saturated rings. The van der Waals surface area contributed by atoms with Gasteiger partial charge in [0.25, 0.3) is 5.91 Å². The molecule has 0 unspecified atom stereocenters. The van der Waals surface area contributed by atoms with E-state index in [1.807, 2.05) is 55.5 Å². The van der Waals surface area contributed by atoms with E-state index in [1.54, 1.807) is 49.6 Å². The van der Waals surface area contributed by atoms with E-state index in [-0.39, 0.29) is 5.75 Å². The summed E-state index contributed by atoms with van der Waals surface area (Å²) in [5, 5.41) is 5.09. The van der Waals surface area contributed by atoms with Gasteiger partial charge >= 0.3 is 5.97 Å². The molecule has 1 amide bonds. The number of carbonyl (C=O) groups excluding carboxylic acids is 2. The number of halogens is 1. The van der Waals surface area contributed by atoms with Crippen molar-refractivity contribution in [2.45, 2.75) is 6.92 Å². The molecule has 0 atom stereocenters. The van der Waals surface area contributed by atoms with Crippen LogP contribution >= 0.6 is 15.9 Å². The Labute approximate surface area is 245 Å². The van der Waals surface area contributed by atoms with Gasteiger partial charge in [-0.05, 0) is 82.5 Å². The molecule has 2 N–H and O–H groups in total. The van der Waals surface area contributed by atoms with Crippen molar-refractivity contribution < 1.29 is 23.8 Å². The molecule has 1 aromatic heterocycles. The van der Waals surface area contributed by atoms with Crippen LogP contribution in [0.5, 0.6) is 17.2 Å². The monoisotopic (exact) mass is 611 g/mol. The van der Waals surface area contributed by atoms with Gasteiger partial charge in [-0.25, -0.2) is 10.2 Å². The van der Waals surface area contributed by atoms with Crippen LogP contribution in [-0.2, 0) is 0 Å². The van der Waals surface area contributed by atoms with Gasteiger partial charge in [-0.2, -0.15) is 5.10 Å². The number of carbonyl (C=O) groups is 2. The largest absolute Gasteiger partial charge is 0.497 e. The van der Waals surface area contributed by atoms with Gasteiger partial charge in [-0.3, -0.25) is 4.79 Å². The van der Waals surface area contributed by atoms with Gasteiger partial charge < -0.3 is 19.2 Å². The zero-order valence-electron chi connectivity index (χ0n) is 22.3. The summed E-state index contributed by atoms with van der Waals surface area (Å²) >= 11 is 3.57. The number of hydrazone groups is 1. The zero-order chi connectivity index (χ0) is 28.8. The van der Waals surface area contributed by atoms with Crippen LogP contribution in [0.2, 0.25) is 0 Å². The lowest BCUT2D eigenvalue weighted by molar-refractivity contribution is 0.0728. The summed E-state index contributed by atoms with van der Waals surface area (Å²) in [6.45, 7) is 2.20. The number of benzene rings is 4. The molecular formula is C32H26BrN3O5. The molecule has 0 aliphatic carbocycles. The molecule has 0 saturated carbocycles. The van der Waals surface area contributed by atoms with Gasteiger partial charge in [0.05, 0.1) is 31.0 Å². The van der Waals surface area contributed by atoms with Gasteiger partial charge in [0.1, 0.15) is 11.4 Å². The Morgan fingerprint density at radius 1 is 0.951 bits per heavy atom. The minimum absolute atomic E-state index is 0.269. The lowest BCUT2D eigenvalue weighted by atomic mass is 10.0. The first-order valence-corrected chi connectivity index (χ1v) is 13.6. The Morgan fingerprint density at radius 2 is 1.73 bits per heavy atom. The third-order valence-corrected chi connectivity index (χ3v) is 6.91. The number of ether oxygens (including phenoxy) is 3. The average Bonchev–Trinajstić information content (AvgIpc) is 3.40. The van der Waals surface area contributed by atoms with Crippen molar-refractivity contribution in [1.29, 1.82) is 0 Å². The second kappa shape index (κ2) is 12.5. The van der Waals surface area contributed by atoms with E-state index in [4.69, 9.17) is 14.2 Å². The molecule has 0 saturated heterocycles. The number of methoxy groups -OCH3 is 1. The predicted molar refractivity (Wildman–Crippen MR) is 162 cm³/mol. The molecule has 4 aromatic carbocycles. The fourth-order valence-electron chi connectivity index (χ4n) is 4.32. The number of aromatic nitrogens is 1. The predicted octanol–water partition coefficient (Wildman–Crippen LogP) is 6.99. The first-order chi connectivity index (χ1) is 20.0. The SMILES string of the molecule is CCOc1cc(C=NNC(=O)c2[nH]c3c(Br)cccc3c2-c2ccccc2)ccc1OC(=O)c1ccc(OC)cc1. The maximum Gasteiger partial charge on any atom is 0.343 e. The highest BCUT2D eigenvalue weighted by atomic mass is 79.9. The molecule has 0 bridgehead atoms. The Kier molecular flexibility index (Phi) is 8.45. The molecule has 1 heterocycles. The fourth-order valence-corrected chi connectivity index (χ4v) is 4.79. The molecule has 5 aromatic rings. The normalized spacial score (nSPS) is 11.0. The Morgan fingerprint density at radius 3 is 2.46 bits per heavy atom. The number of rotatable bonds is 9. The smallest absolute Gasteiger partial charge is 0.343 e. The topological polar surface area (TPSA) is 102 Å². The van der Waals surface area contributed by atoms with Crippen molar-refractivity contribution in [2.24, 2.45) is 5.10 Å². The molecule has 0 spiro atoms. The Hall–Kier alpha value is -4.89. The van der Waals surface area contributed by atoms with E-state index in [9.17, 15) is 9.59 Å². The second-order valence-electron chi connectivity index (χ2n) is 8.86. The first kappa shape index (κ1) is 27.7. The first-order valence-electron chi connectivity index (χ1n) is 12.8. The summed E-state index contributed by atoms with van der Waals surface area (Å²) in [7, 11) is 1.56. The minimum atomic E-state index is -0.526. The van der Waals surface area contributed by atoms with Crippen LogP contribution in [-0.4, -0.2) is 36.8 Å². The van der Waals surface area contributed by atoms with Gasteiger partial charge in [0.15, 0.2) is 11.5 Å². The number of aromatic amines is 1. The highest BCUT2D eigenvalue weighted by Crippen LogP contribution is 2.35. The second-order valence-corrected chi connectivity index (χ2v) is 9.71. The average molecular weight is 612 g/mol. The highest BCUT2D eigenvalue weighted by molar-refractivity contribution is 9.10. The molecule has 41 heavy (non-hydrogen) atoms. The molecule has 206 valence electrons. The quantitative estimate of drug-likeness (QED) is 0.0809. The zero-order valence-corrected chi connectivity index (χ0v) is 23.9. The van der Waals surface area contributed by atoms with Crippen LogP contribution in [0.1, 0.15) is 33.3 Å². The number of H-pyrrole nitrogens is 1. The number of amides is 1. The number of nitrogens with zero attached hydrogens (tertiary/aromatic N) is 1. The number of esters is 1. The molecule has 0 radical (unpaired) electrons. The van der Waals surface area contributed by atoms with E-state index in [0.29, 0.717) is 34.9 Å². The number of para-hydroxylation sites is 1. The number of hydrogen-bond acceptors (Lipinski definition) is 6. The third kappa shape index (κ3) is 6.15. The lowest BCUT2D eigenvalue weighted by Crippen LogP contribution is -2.18. The Balaban J connectivity index is 1.35. The summed E-state index contributed by atoms with van der Waals surface area (Å²) in [5.74, 6) is 0.363. The molecule has 9 heteroatoms. The van der Waals surface area contributed by atoms with E-state index in [1.165, 1.54) is 6.21 Å². The summed E-state index contributed by atoms with van der Waals surface area (Å²) in [6, 6.07) is 27.2. The molecular weight excluding hydrogens is 586 g/mol. The third-order valence-electron chi connectivity index (χ3n) is 6.25. The van der Waals surface area contributed by atoms with Gasteiger partial charge in [0.2, 0.25) is 0 Å². The van der Waals surface area contributed by atoms with Crippen molar-refractivity contribution >= 4 is 44.9 Å². The molecule has 0 aliphatic rings. The van der Waals surface area contributed by atoms with Gasteiger partial charge in [0, 0.05) is 15.4 Å². The summed E-state index contributed by atoms with van der Waals surface area (Å²) < 4.78 is 17.3. The van der Waals surface area contributed by atoms with Crippen molar-refractivity contribution in [3.63, 3.8) is 0 Å². The highest BCUT2D eigenvalue weighted by Gasteiger charge is 2.20. The van der Waals surface area contributed by atoms with E-state index in [0.717, 1.165) is 26.5 Å². The molecule has 0 aliphatic heterocycles. The van der Waals surface area contributed by atoms with E-state index in [2.05, 4.69) is 31.4 Å². The van der Waals surface area contributed by atoms with Crippen LogP contribution in [0.4, 0.5) is 0 Å². The van der Waals surface area contributed by atoms with Crippen LogP contribution < -0.4 is 19.6 Å². The Bertz CT molecular complexity index is 1730. The maximum absolute atomic E-state index is 13.3. The molecule has 5 rings (SSSR count). The van der Waals surface area contributed by atoms with Crippen LogP contribution in [0.25, 0.3) is 22.0 Å². The maximum atomic E-state index is 13.3. The summed E-state index contributed by atoms with van der Waals surface area (Å²) in [5.41, 5.74) is 6.54. The van der Waals surface area contributed by atoms with Crippen molar-refractivity contribution in [2.75, 3.05) is 13.7 Å². The standard InChI is InChI=1S/C32H26BrN3O5/c1-3-40-27-18-20(12-17-26(27)41-32(38)22-13-15-23(39-2)16-14-22)19-34-36-31(37)30-28(21-8-5-4-6-9-21)24-10-7-11-25(33)29(24)35-30/h4-19,35H,3H2,1-2H3,(H,36,37). The van der Waals surface area contributed by atoms with E-state index < -0.39 is 11.9 Å². The summed E-state index contributed by atoms with van der Waals surface area (Å²) in [6.07, 6.45) is 1.50. The van der Waals surface area contributed by atoms with E-state index >= 15 is 0 Å². The number of fused-ring (bicyclic) bond motifs is 1. The fraction of sp³-hybridized carbons (Fsp3) is 0.0938. The number of nitrogens with one attached hydrogen (secondary N) is 2. The van der Waals surface area contributed by atoms with Gasteiger partial charge in [-0.1, -0.05) is 42.5 Å². The van der Waals surface area contributed by atoms with Gasteiger partial charge in [-0.15, -0.1) is 0 Å².